The number of aromatic hydroxyl groups is 1. The molecule has 104 valence electrons. The first-order chi connectivity index (χ1) is 9.26. The maximum Gasteiger partial charge on any atom is 0.133 e. The van der Waals surface area contributed by atoms with E-state index in [1.165, 1.54) is 38.5 Å². The zero-order valence-electron chi connectivity index (χ0n) is 11.2. The molecular weight excluding hydrogens is 240 g/mol. The molecule has 0 aromatic carbocycles. The summed E-state index contributed by atoms with van der Waals surface area (Å²) >= 11 is 0. The minimum atomic E-state index is 0.0550. The van der Waals surface area contributed by atoms with E-state index in [-0.39, 0.29) is 18.3 Å². The number of likely N-dealkylation sites (tertiary alicyclic amines) is 1. The summed E-state index contributed by atoms with van der Waals surface area (Å²) in [7, 11) is 0. The number of aromatic nitrogens is 1. The maximum atomic E-state index is 9.58. The van der Waals surface area contributed by atoms with Gasteiger partial charge in [-0.1, -0.05) is 6.42 Å². The summed E-state index contributed by atoms with van der Waals surface area (Å²) in [6.45, 7) is 3.35. The highest BCUT2D eigenvalue weighted by Gasteiger charge is 2.36. The van der Waals surface area contributed by atoms with Crippen molar-refractivity contribution in [2.45, 2.75) is 25.2 Å². The molecule has 4 heteroatoms. The lowest BCUT2D eigenvalue weighted by Crippen LogP contribution is -2.29. The molecule has 4 nitrogen and oxygen atoms in total. The fraction of sp³-hybridized carbons (Fsp3) is 0.667. The molecule has 1 aliphatic carbocycles. The molecule has 1 aromatic rings. The van der Waals surface area contributed by atoms with E-state index < -0.39 is 0 Å². The molecule has 1 aliphatic heterocycles. The molecule has 0 radical (unpaired) electrons. The van der Waals surface area contributed by atoms with Gasteiger partial charge < -0.3 is 15.1 Å². The van der Waals surface area contributed by atoms with E-state index in [1.807, 2.05) is 6.07 Å². The number of aliphatic hydroxyl groups is 1. The van der Waals surface area contributed by atoms with Crippen molar-refractivity contribution in [3.05, 3.63) is 24.0 Å². The van der Waals surface area contributed by atoms with E-state index in [2.05, 4.69) is 9.88 Å². The first-order valence-electron chi connectivity index (χ1n) is 7.24. The highest BCUT2D eigenvalue weighted by atomic mass is 16.3. The van der Waals surface area contributed by atoms with Gasteiger partial charge in [0.2, 0.25) is 0 Å². The topological polar surface area (TPSA) is 56.6 Å². The first-order valence-corrected chi connectivity index (χ1v) is 7.24. The van der Waals surface area contributed by atoms with Gasteiger partial charge in [-0.3, -0.25) is 4.98 Å². The lowest BCUT2D eigenvalue weighted by atomic mass is 10.0. The lowest BCUT2D eigenvalue weighted by Gasteiger charge is -2.22. The summed E-state index contributed by atoms with van der Waals surface area (Å²) in [6.07, 6.45) is 5.60. The van der Waals surface area contributed by atoms with Crippen molar-refractivity contribution in [3.63, 3.8) is 0 Å². The molecule has 2 heterocycles. The highest BCUT2D eigenvalue weighted by Crippen LogP contribution is 2.38. The number of hydrogen-bond acceptors (Lipinski definition) is 4. The van der Waals surface area contributed by atoms with Gasteiger partial charge in [0.15, 0.2) is 0 Å². The standard InChI is InChI=1S/C15H22N2O2/c18-10-13(15-5-4-14(19)6-16-15)9-17-7-11-2-1-3-12(11)8-17/h4-6,11-13,18-19H,1-3,7-10H2. The van der Waals surface area contributed by atoms with Crippen LogP contribution in [-0.4, -0.2) is 46.3 Å². The molecule has 2 aliphatic rings. The second-order valence-corrected chi connectivity index (χ2v) is 5.99. The van der Waals surface area contributed by atoms with Crippen molar-refractivity contribution >= 4 is 0 Å². The Morgan fingerprint density at radius 3 is 2.58 bits per heavy atom. The predicted octanol–water partition coefficient (Wildman–Crippen LogP) is 1.59. The van der Waals surface area contributed by atoms with Crippen LogP contribution in [0.3, 0.4) is 0 Å². The van der Waals surface area contributed by atoms with Crippen LogP contribution >= 0.6 is 0 Å². The Morgan fingerprint density at radius 1 is 1.26 bits per heavy atom. The van der Waals surface area contributed by atoms with E-state index in [9.17, 15) is 10.2 Å². The second-order valence-electron chi connectivity index (χ2n) is 5.99. The maximum absolute atomic E-state index is 9.58. The van der Waals surface area contributed by atoms with Crippen molar-refractivity contribution in [1.82, 2.24) is 9.88 Å². The van der Waals surface area contributed by atoms with Crippen molar-refractivity contribution in [1.29, 1.82) is 0 Å². The molecule has 0 bridgehead atoms. The number of rotatable bonds is 4. The van der Waals surface area contributed by atoms with Gasteiger partial charge in [0, 0.05) is 31.2 Å². The van der Waals surface area contributed by atoms with Crippen LogP contribution < -0.4 is 0 Å². The van der Waals surface area contributed by atoms with Crippen LogP contribution in [0.15, 0.2) is 18.3 Å². The normalized spacial score (nSPS) is 28.5. The average molecular weight is 262 g/mol. The minimum absolute atomic E-state index is 0.0550. The monoisotopic (exact) mass is 262 g/mol. The predicted molar refractivity (Wildman–Crippen MR) is 73.0 cm³/mol. The summed E-state index contributed by atoms with van der Waals surface area (Å²) in [4.78, 5) is 6.70. The Hall–Kier alpha value is -1.13. The fourth-order valence-electron chi connectivity index (χ4n) is 3.68. The molecule has 1 saturated heterocycles. The number of pyridine rings is 1. The van der Waals surface area contributed by atoms with E-state index in [1.54, 1.807) is 6.07 Å². The summed E-state index contributed by atoms with van der Waals surface area (Å²) < 4.78 is 0. The Balaban J connectivity index is 1.62. The first kappa shape index (κ1) is 12.9. The number of hydrogen-bond donors (Lipinski definition) is 2. The molecule has 3 atom stereocenters. The number of fused-ring (bicyclic) bond motifs is 1. The number of nitrogens with zero attached hydrogens (tertiary/aromatic N) is 2. The Labute approximate surface area is 114 Å². The van der Waals surface area contributed by atoms with E-state index in [0.717, 1.165) is 24.1 Å². The number of aliphatic hydroxyl groups excluding tert-OH is 1. The van der Waals surface area contributed by atoms with Crippen LogP contribution in [0.4, 0.5) is 0 Å². The van der Waals surface area contributed by atoms with Crippen LogP contribution in [0.2, 0.25) is 0 Å². The molecule has 1 saturated carbocycles. The Bertz CT molecular complexity index is 409. The van der Waals surface area contributed by atoms with Crippen LogP contribution in [0, 0.1) is 11.8 Å². The van der Waals surface area contributed by atoms with Crippen molar-refractivity contribution < 1.29 is 10.2 Å². The Kier molecular flexibility index (Phi) is 3.71. The highest BCUT2D eigenvalue weighted by molar-refractivity contribution is 5.20. The van der Waals surface area contributed by atoms with Gasteiger partial charge in [0.05, 0.1) is 12.8 Å². The smallest absolute Gasteiger partial charge is 0.133 e. The summed E-state index contributed by atoms with van der Waals surface area (Å²) in [6, 6.07) is 3.46. The quantitative estimate of drug-likeness (QED) is 0.865. The molecule has 0 amide bonds. The zero-order valence-corrected chi connectivity index (χ0v) is 11.2. The summed E-state index contributed by atoms with van der Waals surface area (Å²) in [5.74, 6) is 2.00. The summed E-state index contributed by atoms with van der Waals surface area (Å²) in [5, 5.41) is 18.9. The van der Waals surface area contributed by atoms with Crippen molar-refractivity contribution in [2.75, 3.05) is 26.2 Å². The van der Waals surface area contributed by atoms with Gasteiger partial charge in [-0.2, -0.15) is 0 Å². The fourth-order valence-corrected chi connectivity index (χ4v) is 3.68. The summed E-state index contributed by atoms with van der Waals surface area (Å²) in [5.41, 5.74) is 0.873. The third-order valence-corrected chi connectivity index (χ3v) is 4.69. The van der Waals surface area contributed by atoms with Crippen LogP contribution in [-0.2, 0) is 0 Å². The van der Waals surface area contributed by atoms with Gasteiger partial charge in [-0.25, -0.2) is 0 Å². The van der Waals surface area contributed by atoms with Gasteiger partial charge >= 0.3 is 0 Å². The van der Waals surface area contributed by atoms with E-state index in [0.29, 0.717) is 0 Å². The third kappa shape index (κ3) is 2.74. The third-order valence-electron chi connectivity index (χ3n) is 4.69. The van der Waals surface area contributed by atoms with E-state index >= 15 is 0 Å². The van der Waals surface area contributed by atoms with Gasteiger partial charge in [-0.15, -0.1) is 0 Å². The van der Waals surface area contributed by atoms with Crippen molar-refractivity contribution in [3.8, 4) is 5.75 Å². The van der Waals surface area contributed by atoms with Gasteiger partial charge in [-0.05, 0) is 36.8 Å². The van der Waals surface area contributed by atoms with Crippen LogP contribution in [0.25, 0.3) is 0 Å². The Morgan fingerprint density at radius 2 is 2.00 bits per heavy atom. The minimum Gasteiger partial charge on any atom is -0.506 e. The molecule has 1 aromatic heterocycles. The molecule has 2 N–H and O–H groups in total. The molecule has 3 rings (SSSR count). The molecule has 19 heavy (non-hydrogen) atoms. The second kappa shape index (κ2) is 5.47. The van der Waals surface area contributed by atoms with E-state index in [4.69, 9.17) is 0 Å². The molecule has 3 unspecified atom stereocenters. The SMILES string of the molecule is OCC(CN1CC2CCCC2C1)c1ccc(O)cn1. The van der Waals surface area contributed by atoms with Gasteiger partial charge in [0.25, 0.3) is 0 Å². The molecular formula is C15H22N2O2. The van der Waals surface area contributed by atoms with Crippen LogP contribution in [0.5, 0.6) is 5.75 Å². The molecule has 2 fully saturated rings. The van der Waals surface area contributed by atoms with Crippen molar-refractivity contribution in [2.24, 2.45) is 11.8 Å². The van der Waals surface area contributed by atoms with Gasteiger partial charge in [0.1, 0.15) is 5.75 Å². The lowest BCUT2D eigenvalue weighted by molar-refractivity contribution is 0.211. The zero-order chi connectivity index (χ0) is 13.2. The molecule has 0 spiro atoms. The average Bonchev–Trinajstić information content (AvgIpc) is 2.98. The largest absolute Gasteiger partial charge is 0.506 e. The van der Waals surface area contributed by atoms with Crippen LogP contribution in [0.1, 0.15) is 30.9 Å².